The summed E-state index contributed by atoms with van der Waals surface area (Å²) in [5.74, 6) is -0.767. The summed E-state index contributed by atoms with van der Waals surface area (Å²) >= 11 is 2.87. The summed E-state index contributed by atoms with van der Waals surface area (Å²) in [6.45, 7) is 1.65. The Labute approximate surface area is 115 Å². The van der Waals surface area contributed by atoms with Crippen LogP contribution in [0.2, 0.25) is 0 Å². The van der Waals surface area contributed by atoms with Gasteiger partial charge < -0.3 is 4.74 Å². The highest BCUT2D eigenvalue weighted by Crippen LogP contribution is 2.33. The van der Waals surface area contributed by atoms with Crippen LogP contribution in [-0.4, -0.2) is 22.5 Å². The van der Waals surface area contributed by atoms with Crippen LogP contribution in [-0.2, 0) is 16.0 Å². The molecule has 1 aromatic rings. The van der Waals surface area contributed by atoms with Gasteiger partial charge in [0.05, 0.1) is 18.0 Å². The number of aromatic nitrogens is 1. The molecule has 1 rings (SSSR count). The molecule has 9 heteroatoms. The third-order valence-corrected chi connectivity index (χ3v) is 2.50. The van der Waals surface area contributed by atoms with Crippen LogP contribution in [0.25, 0.3) is 0 Å². The van der Waals surface area contributed by atoms with Crippen molar-refractivity contribution in [3.05, 3.63) is 32.0 Å². The van der Waals surface area contributed by atoms with Crippen LogP contribution in [0.15, 0.2) is 10.7 Å². The van der Waals surface area contributed by atoms with Crippen molar-refractivity contribution in [2.45, 2.75) is 19.8 Å². The zero-order chi connectivity index (χ0) is 14.6. The molecule has 19 heavy (non-hydrogen) atoms. The quantitative estimate of drug-likeness (QED) is 0.357. The lowest BCUT2D eigenvalue weighted by molar-refractivity contribution is -0.387. The van der Waals surface area contributed by atoms with Gasteiger partial charge in [0.15, 0.2) is 0 Å². The first-order valence-electron chi connectivity index (χ1n) is 5.14. The smallest absolute Gasteiger partial charge is 0.312 e. The second kappa shape index (κ2) is 6.50. The summed E-state index contributed by atoms with van der Waals surface area (Å²) in [6, 6.07) is 0.859. The SMILES string of the molecule is CCOC(=O)Cc1nc(Br)cc(C(F)F)c1[N+](=O)[O-]. The van der Waals surface area contributed by atoms with Crippen molar-refractivity contribution in [2.75, 3.05) is 6.61 Å². The third-order valence-electron chi connectivity index (χ3n) is 2.10. The fourth-order valence-electron chi connectivity index (χ4n) is 1.43. The van der Waals surface area contributed by atoms with Crippen molar-refractivity contribution < 1.29 is 23.2 Å². The molecule has 0 unspecified atom stereocenters. The van der Waals surface area contributed by atoms with Crippen LogP contribution in [0.1, 0.15) is 24.6 Å². The number of carbonyl (C=O) groups is 1. The van der Waals surface area contributed by atoms with Gasteiger partial charge in [-0.05, 0) is 28.9 Å². The molecule has 0 spiro atoms. The van der Waals surface area contributed by atoms with Gasteiger partial charge in [-0.2, -0.15) is 0 Å². The number of carbonyl (C=O) groups excluding carboxylic acids is 1. The van der Waals surface area contributed by atoms with Gasteiger partial charge in [-0.1, -0.05) is 0 Å². The summed E-state index contributed by atoms with van der Waals surface area (Å²) in [5.41, 5.74) is -1.99. The molecule has 0 atom stereocenters. The topological polar surface area (TPSA) is 82.3 Å². The Hall–Kier alpha value is -1.64. The minimum Gasteiger partial charge on any atom is -0.466 e. The van der Waals surface area contributed by atoms with Crippen molar-refractivity contribution in [1.29, 1.82) is 0 Å². The molecule has 0 amide bonds. The van der Waals surface area contributed by atoms with Crippen LogP contribution in [0.5, 0.6) is 0 Å². The Morgan fingerprint density at radius 3 is 2.74 bits per heavy atom. The first-order valence-corrected chi connectivity index (χ1v) is 5.93. The lowest BCUT2D eigenvalue weighted by atomic mass is 10.1. The largest absolute Gasteiger partial charge is 0.466 e. The average Bonchev–Trinajstić information content (AvgIpc) is 2.27. The molecule has 0 aromatic carbocycles. The summed E-state index contributed by atoms with van der Waals surface area (Å²) < 4.78 is 30.1. The fraction of sp³-hybridized carbons (Fsp3) is 0.400. The van der Waals surface area contributed by atoms with E-state index in [1.54, 1.807) is 6.92 Å². The van der Waals surface area contributed by atoms with Crippen molar-refractivity contribution in [3.63, 3.8) is 0 Å². The zero-order valence-electron chi connectivity index (χ0n) is 9.73. The number of pyridine rings is 1. The summed E-state index contributed by atoms with van der Waals surface area (Å²) in [4.78, 5) is 24.9. The Balaban J connectivity index is 3.28. The average molecular weight is 339 g/mol. The van der Waals surface area contributed by atoms with E-state index >= 15 is 0 Å². The Kier molecular flexibility index (Phi) is 5.28. The molecule has 0 aliphatic rings. The Bertz CT molecular complexity index is 511. The van der Waals surface area contributed by atoms with Gasteiger partial charge in [0.2, 0.25) is 0 Å². The van der Waals surface area contributed by atoms with Gasteiger partial charge in [0, 0.05) is 0 Å². The molecule has 0 N–H and O–H groups in total. The lowest BCUT2D eigenvalue weighted by Gasteiger charge is -2.07. The monoisotopic (exact) mass is 338 g/mol. The number of halogens is 3. The highest BCUT2D eigenvalue weighted by atomic mass is 79.9. The second-order valence-electron chi connectivity index (χ2n) is 3.37. The molecular weight excluding hydrogens is 330 g/mol. The van der Waals surface area contributed by atoms with E-state index in [1.165, 1.54) is 0 Å². The van der Waals surface area contributed by atoms with Crippen LogP contribution < -0.4 is 0 Å². The van der Waals surface area contributed by atoms with Crippen molar-refractivity contribution in [1.82, 2.24) is 4.98 Å². The maximum atomic E-state index is 12.8. The highest BCUT2D eigenvalue weighted by Gasteiger charge is 2.29. The molecular formula is C10H9BrF2N2O4. The van der Waals surface area contributed by atoms with Crippen molar-refractivity contribution in [2.24, 2.45) is 0 Å². The standard InChI is InChI=1S/C10H9BrF2N2O4/c1-2-19-8(16)4-6-9(15(17)18)5(10(12)13)3-7(11)14-6/h3,10H,2,4H2,1H3. The molecule has 0 aliphatic carbocycles. The van der Waals surface area contributed by atoms with E-state index in [0.29, 0.717) is 0 Å². The number of rotatable bonds is 5. The van der Waals surface area contributed by atoms with Crippen LogP contribution >= 0.6 is 15.9 Å². The normalized spacial score (nSPS) is 10.6. The molecule has 0 saturated carbocycles. The molecule has 0 radical (unpaired) electrons. The minimum atomic E-state index is -3.04. The maximum Gasteiger partial charge on any atom is 0.312 e. The summed E-state index contributed by atoms with van der Waals surface area (Å²) in [6.07, 6.45) is -3.58. The van der Waals surface area contributed by atoms with Gasteiger partial charge >= 0.3 is 5.97 Å². The van der Waals surface area contributed by atoms with Gasteiger partial charge in [-0.15, -0.1) is 0 Å². The predicted octanol–water partition coefficient (Wildman–Crippen LogP) is 2.80. The zero-order valence-corrected chi connectivity index (χ0v) is 11.3. The van der Waals surface area contributed by atoms with Crippen molar-refractivity contribution >= 4 is 27.6 Å². The maximum absolute atomic E-state index is 12.8. The number of nitrogens with zero attached hydrogens (tertiary/aromatic N) is 2. The molecule has 0 saturated heterocycles. The highest BCUT2D eigenvalue weighted by molar-refractivity contribution is 9.10. The van der Waals surface area contributed by atoms with E-state index in [-0.39, 0.29) is 16.9 Å². The molecule has 1 heterocycles. The van der Waals surface area contributed by atoms with Crippen molar-refractivity contribution in [3.8, 4) is 0 Å². The van der Waals surface area contributed by atoms with E-state index in [9.17, 15) is 23.7 Å². The lowest BCUT2D eigenvalue weighted by Crippen LogP contribution is -2.12. The molecule has 1 aromatic heterocycles. The molecule has 104 valence electrons. The summed E-state index contributed by atoms with van der Waals surface area (Å²) in [7, 11) is 0. The van der Waals surface area contributed by atoms with Crippen LogP contribution in [0.4, 0.5) is 14.5 Å². The summed E-state index contributed by atoms with van der Waals surface area (Å²) in [5, 5.41) is 10.9. The molecule has 6 nitrogen and oxygen atoms in total. The number of esters is 1. The Morgan fingerprint density at radius 1 is 1.63 bits per heavy atom. The number of hydrogen-bond donors (Lipinski definition) is 0. The number of alkyl halides is 2. The van der Waals surface area contributed by atoms with Gasteiger partial charge in [0.25, 0.3) is 12.1 Å². The number of hydrogen-bond acceptors (Lipinski definition) is 5. The van der Waals surface area contributed by atoms with Gasteiger partial charge in [-0.3, -0.25) is 14.9 Å². The van der Waals surface area contributed by atoms with Gasteiger partial charge in [0.1, 0.15) is 15.9 Å². The van der Waals surface area contributed by atoms with E-state index in [4.69, 9.17) is 0 Å². The molecule has 0 aliphatic heterocycles. The number of nitro groups is 1. The second-order valence-corrected chi connectivity index (χ2v) is 4.18. The fourth-order valence-corrected chi connectivity index (χ4v) is 1.89. The van der Waals surface area contributed by atoms with E-state index in [2.05, 4.69) is 25.7 Å². The van der Waals surface area contributed by atoms with E-state index < -0.39 is 35.0 Å². The minimum absolute atomic E-state index is 0.00676. The third kappa shape index (κ3) is 3.91. The van der Waals surface area contributed by atoms with Gasteiger partial charge in [-0.25, -0.2) is 13.8 Å². The van der Waals surface area contributed by atoms with Crippen LogP contribution in [0, 0.1) is 10.1 Å². The number of ether oxygens (including phenoxy) is 1. The predicted molar refractivity (Wildman–Crippen MR) is 63.9 cm³/mol. The molecule has 0 fully saturated rings. The molecule has 0 bridgehead atoms. The first kappa shape index (κ1) is 15.4. The van der Waals surface area contributed by atoms with E-state index in [1.807, 2.05) is 0 Å². The van der Waals surface area contributed by atoms with Crippen LogP contribution in [0.3, 0.4) is 0 Å². The first-order chi connectivity index (χ1) is 8.86. The van der Waals surface area contributed by atoms with E-state index in [0.717, 1.165) is 6.07 Å². The Morgan fingerprint density at radius 2 is 2.26 bits per heavy atom.